The molecule has 1 aromatic rings. The highest BCUT2D eigenvalue weighted by atomic mass is 35.5. The first-order chi connectivity index (χ1) is 9.19. The summed E-state index contributed by atoms with van der Waals surface area (Å²) in [5.41, 5.74) is 1.10. The summed E-state index contributed by atoms with van der Waals surface area (Å²) in [7, 11) is 0. The molecular weight excluding hydrogens is 342 g/mol. The third-order valence-corrected chi connectivity index (χ3v) is 3.88. The zero-order valence-electron chi connectivity index (χ0n) is 11.3. The molecule has 0 radical (unpaired) electrons. The molecule has 0 fully saturated rings. The van der Waals surface area contributed by atoms with E-state index in [1.807, 2.05) is 6.92 Å². The summed E-state index contributed by atoms with van der Waals surface area (Å²) in [6.45, 7) is 5.37. The van der Waals surface area contributed by atoms with Gasteiger partial charge in [0, 0.05) is 10.9 Å². The summed E-state index contributed by atoms with van der Waals surface area (Å²) in [5, 5.41) is 8.44. The molecule has 0 bridgehead atoms. The standard InChI is InChI=1S/C13H14Cl4N2O/c1-4-7(2)12(20)13(16,17)19-18-11-8(3)5-9(14)6-10(11)15/h5-7H,4H2,1-3H3. The van der Waals surface area contributed by atoms with E-state index in [0.717, 1.165) is 0 Å². The minimum atomic E-state index is -1.91. The smallest absolute Gasteiger partial charge is 0.286 e. The van der Waals surface area contributed by atoms with E-state index in [4.69, 9.17) is 46.4 Å². The maximum Gasteiger partial charge on any atom is 0.286 e. The van der Waals surface area contributed by atoms with Gasteiger partial charge in [0.15, 0.2) is 5.78 Å². The number of hydrogen-bond donors (Lipinski definition) is 0. The van der Waals surface area contributed by atoms with Gasteiger partial charge in [0.05, 0.1) is 5.02 Å². The van der Waals surface area contributed by atoms with Crippen molar-refractivity contribution in [3.05, 3.63) is 27.7 Å². The van der Waals surface area contributed by atoms with E-state index >= 15 is 0 Å². The van der Waals surface area contributed by atoms with Gasteiger partial charge in [0.2, 0.25) is 0 Å². The second-order valence-corrected chi connectivity index (χ2v) is 6.60. The van der Waals surface area contributed by atoms with Crippen LogP contribution in [0.1, 0.15) is 25.8 Å². The Morgan fingerprint density at radius 1 is 1.35 bits per heavy atom. The van der Waals surface area contributed by atoms with Crippen molar-refractivity contribution < 1.29 is 4.79 Å². The minimum absolute atomic E-state index is 0.300. The van der Waals surface area contributed by atoms with Crippen LogP contribution in [0.3, 0.4) is 0 Å². The van der Waals surface area contributed by atoms with Crippen molar-refractivity contribution in [2.45, 2.75) is 31.6 Å². The van der Waals surface area contributed by atoms with Crippen LogP contribution in [-0.2, 0) is 4.79 Å². The zero-order chi connectivity index (χ0) is 15.5. The largest absolute Gasteiger partial charge is 0.294 e. The molecular formula is C13H14Cl4N2O. The van der Waals surface area contributed by atoms with E-state index in [9.17, 15) is 4.79 Å². The van der Waals surface area contributed by atoms with Crippen LogP contribution < -0.4 is 0 Å². The fourth-order valence-corrected chi connectivity index (χ4v) is 2.55. The van der Waals surface area contributed by atoms with Gasteiger partial charge in [-0.05, 0) is 31.0 Å². The lowest BCUT2D eigenvalue weighted by Gasteiger charge is -2.16. The Hall–Kier alpha value is -0.350. The Bertz CT molecular complexity index is 520. The van der Waals surface area contributed by atoms with Gasteiger partial charge in [0.25, 0.3) is 4.46 Å². The molecule has 1 rings (SSSR count). The maximum absolute atomic E-state index is 12.0. The van der Waals surface area contributed by atoms with Crippen LogP contribution >= 0.6 is 46.4 Å². The fraction of sp³-hybridized carbons (Fsp3) is 0.462. The molecule has 20 heavy (non-hydrogen) atoms. The molecule has 0 spiro atoms. The second kappa shape index (κ2) is 7.08. The van der Waals surface area contributed by atoms with Crippen molar-refractivity contribution in [1.82, 2.24) is 0 Å². The van der Waals surface area contributed by atoms with Gasteiger partial charge in [-0.3, -0.25) is 4.79 Å². The molecule has 0 aromatic heterocycles. The molecule has 0 N–H and O–H groups in total. The molecule has 0 aliphatic rings. The lowest BCUT2D eigenvalue weighted by Crippen LogP contribution is -2.28. The quantitative estimate of drug-likeness (QED) is 0.355. The average Bonchev–Trinajstić information content (AvgIpc) is 2.35. The summed E-state index contributed by atoms with van der Waals surface area (Å²) in [5.74, 6) is -0.694. The fourth-order valence-electron chi connectivity index (χ4n) is 1.47. The first-order valence-corrected chi connectivity index (χ1v) is 7.51. The molecule has 1 atom stereocenters. The predicted octanol–water partition coefficient (Wildman–Crippen LogP) is 6.13. The van der Waals surface area contributed by atoms with Crippen molar-refractivity contribution in [1.29, 1.82) is 0 Å². The minimum Gasteiger partial charge on any atom is -0.294 e. The lowest BCUT2D eigenvalue weighted by atomic mass is 10.0. The molecule has 7 heteroatoms. The highest BCUT2D eigenvalue weighted by Crippen LogP contribution is 2.35. The van der Waals surface area contributed by atoms with Gasteiger partial charge in [0.1, 0.15) is 5.69 Å². The highest BCUT2D eigenvalue weighted by Gasteiger charge is 2.36. The topological polar surface area (TPSA) is 41.8 Å². The first-order valence-electron chi connectivity index (χ1n) is 5.99. The number of nitrogens with zero attached hydrogens (tertiary/aromatic N) is 2. The van der Waals surface area contributed by atoms with Crippen LogP contribution in [0.15, 0.2) is 22.4 Å². The van der Waals surface area contributed by atoms with E-state index in [1.54, 1.807) is 19.9 Å². The van der Waals surface area contributed by atoms with Crippen molar-refractivity contribution in [2.75, 3.05) is 0 Å². The number of ketones is 1. The van der Waals surface area contributed by atoms with Crippen molar-refractivity contribution in [3.63, 3.8) is 0 Å². The molecule has 3 nitrogen and oxygen atoms in total. The molecule has 0 saturated heterocycles. The number of carbonyl (C=O) groups is 1. The summed E-state index contributed by atoms with van der Waals surface area (Å²) >= 11 is 23.7. The molecule has 0 amide bonds. The van der Waals surface area contributed by atoms with Gasteiger partial charge in [-0.15, -0.1) is 5.11 Å². The normalized spacial score (nSPS) is 13.8. The van der Waals surface area contributed by atoms with Crippen molar-refractivity contribution in [3.8, 4) is 0 Å². The van der Waals surface area contributed by atoms with Gasteiger partial charge in [-0.2, -0.15) is 5.11 Å². The number of hydrogen-bond acceptors (Lipinski definition) is 3. The van der Waals surface area contributed by atoms with E-state index in [-0.39, 0.29) is 5.92 Å². The van der Waals surface area contributed by atoms with Crippen molar-refractivity contribution >= 4 is 57.9 Å². The van der Waals surface area contributed by atoms with E-state index in [2.05, 4.69) is 10.2 Å². The van der Waals surface area contributed by atoms with Gasteiger partial charge in [-0.25, -0.2) is 0 Å². The number of alkyl halides is 2. The monoisotopic (exact) mass is 354 g/mol. The predicted molar refractivity (Wildman–Crippen MR) is 84.6 cm³/mol. The highest BCUT2D eigenvalue weighted by molar-refractivity contribution is 6.58. The number of halogens is 4. The molecule has 0 saturated carbocycles. The van der Waals surface area contributed by atoms with Gasteiger partial charge in [-0.1, -0.05) is 60.3 Å². The van der Waals surface area contributed by atoms with E-state index in [0.29, 0.717) is 27.7 Å². The molecule has 0 aliphatic carbocycles. The first kappa shape index (κ1) is 17.7. The Morgan fingerprint density at radius 2 is 1.95 bits per heavy atom. The van der Waals surface area contributed by atoms with E-state index < -0.39 is 10.2 Å². The molecule has 0 aliphatic heterocycles. The number of benzene rings is 1. The van der Waals surface area contributed by atoms with Crippen LogP contribution in [0, 0.1) is 12.8 Å². The summed E-state index contributed by atoms with van der Waals surface area (Å²) < 4.78 is -1.91. The Kier molecular flexibility index (Phi) is 6.26. The summed E-state index contributed by atoms with van der Waals surface area (Å²) in [4.78, 5) is 12.0. The zero-order valence-corrected chi connectivity index (χ0v) is 14.3. The van der Waals surface area contributed by atoms with Crippen LogP contribution in [0.5, 0.6) is 0 Å². The maximum atomic E-state index is 12.0. The molecule has 1 unspecified atom stereocenters. The number of Topliss-reactive ketones (excluding diaryl/α,β-unsaturated/α-hetero) is 1. The number of aryl methyl sites for hydroxylation is 1. The molecule has 110 valence electrons. The lowest BCUT2D eigenvalue weighted by molar-refractivity contribution is -0.123. The van der Waals surface area contributed by atoms with Crippen LogP contribution in [0.25, 0.3) is 0 Å². The Balaban J connectivity index is 3.06. The third kappa shape index (κ3) is 4.32. The van der Waals surface area contributed by atoms with Gasteiger partial charge >= 0.3 is 0 Å². The van der Waals surface area contributed by atoms with Crippen LogP contribution in [-0.4, -0.2) is 10.2 Å². The SMILES string of the molecule is CCC(C)C(=O)C(Cl)(Cl)N=Nc1c(C)cc(Cl)cc1Cl. The van der Waals surface area contributed by atoms with Gasteiger partial charge < -0.3 is 0 Å². The summed E-state index contributed by atoms with van der Waals surface area (Å²) in [6.07, 6.45) is 0.621. The van der Waals surface area contributed by atoms with Crippen LogP contribution in [0.2, 0.25) is 10.0 Å². The Labute approximate surface area is 138 Å². The second-order valence-electron chi connectivity index (χ2n) is 4.47. The number of azo groups is 1. The van der Waals surface area contributed by atoms with Crippen molar-refractivity contribution in [2.24, 2.45) is 16.1 Å². The van der Waals surface area contributed by atoms with E-state index in [1.165, 1.54) is 6.07 Å². The molecule has 0 heterocycles. The average molecular weight is 356 g/mol. The number of carbonyl (C=O) groups excluding carboxylic acids is 1. The van der Waals surface area contributed by atoms with Crippen LogP contribution in [0.4, 0.5) is 5.69 Å². The molecule has 1 aromatic carbocycles. The summed E-state index contributed by atoms with van der Waals surface area (Å²) in [6, 6.07) is 3.22. The Morgan fingerprint density at radius 3 is 2.45 bits per heavy atom. The third-order valence-electron chi connectivity index (χ3n) is 2.85. The number of rotatable bonds is 5.